The van der Waals surface area contributed by atoms with Crippen LogP contribution in [0.1, 0.15) is 18.2 Å². The predicted molar refractivity (Wildman–Crippen MR) is 119 cm³/mol. The summed E-state index contributed by atoms with van der Waals surface area (Å²) < 4.78 is 20.4. The van der Waals surface area contributed by atoms with Gasteiger partial charge in [0.25, 0.3) is 11.5 Å². The van der Waals surface area contributed by atoms with E-state index in [-0.39, 0.29) is 17.2 Å². The molecule has 4 rings (SSSR count). The number of hydrogen-bond donors (Lipinski definition) is 1. The number of nitrogens with one attached hydrogen (secondary N) is 1. The largest absolute Gasteiger partial charge is 0.481 e. The van der Waals surface area contributed by atoms with E-state index < -0.39 is 11.9 Å². The minimum Gasteiger partial charge on any atom is -0.481 e. The molecule has 0 fully saturated rings. The molecule has 4 aromatic rings. The Hall–Kier alpha value is -3.52. The summed E-state index contributed by atoms with van der Waals surface area (Å²) >= 11 is 1.39. The average Bonchev–Trinajstić information content (AvgIpc) is 3.16. The normalized spacial score (nSPS) is 12.0. The van der Waals surface area contributed by atoms with Crippen LogP contribution in [0.25, 0.3) is 16.2 Å². The van der Waals surface area contributed by atoms with E-state index in [1.54, 1.807) is 42.5 Å². The highest BCUT2D eigenvalue weighted by Gasteiger charge is 2.17. The molecule has 2 aromatic carbocycles. The number of thiazole rings is 1. The molecule has 1 amide bonds. The van der Waals surface area contributed by atoms with Crippen LogP contribution in [0.15, 0.2) is 58.7 Å². The minimum atomic E-state index is -0.829. The lowest BCUT2D eigenvalue weighted by Crippen LogP contribution is -2.30. The van der Waals surface area contributed by atoms with E-state index >= 15 is 0 Å². The molecule has 31 heavy (non-hydrogen) atoms. The number of halogens is 1. The van der Waals surface area contributed by atoms with Crippen LogP contribution >= 0.6 is 11.3 Å². The number of carbonyl (C=O) groups is 1. The predicted octanol–water partition coefficient (Wildman–Crippen LogP) is 4.58. The van der Waals surface area contributed by atoms with Gasteiger partial charge in [0.05, 0.1) is 5.69 Å². The number of amides is 1. The van der Waals surface area contributed by atoms with E-state index in [4.69, 9.17) is 4.74 Å². The fraction of sp³-hybridized carbons (Fsp3) is 0.174. The van der Waals surface area contributed by atoms with Gasteiger partial charge in [0.2, 0.25) is 0 Å². The molecular formula is C23H20FN3O3S. The Balaban J connectivity index is 1.58. The first-order valence-electron chi connectivity index (χ1n) is 9.64. The zero-order valence-corrected chi connectivity index (χ0v) is 18.0. The monoisotopic (exact) mass is 437 g/mol. The second-order valence-corrected chi connectivity index (χ2v) is 7.99. The maximum absolute atomic E-state index is 13.3. The highest BCUT2D eigenvalue weighted by Crippen LogP contribution is 2.27. The van der Waals surface area contributed by atoms with Gasteiger partial charge in [-0.25, -0.2) is 9.37 Å². The van der Waals surface area contributed by atoms with Gasteiger partial charge in [-0.2, -0.15) is 0 Å². The van der Waals surface area contributed by atoms with Crippen LogP contribution < -0.4 is 15.6 Å². The first kappa shape index (κ1) is 20.7. The van der Waals surface area contributed by atoms with Crippen molar-refractivity contribution >= 4 is 27.9 Å². The van der Waals surface area contributed by atoms with Crippen molar-refractivity contribution in [3.8, 4) is 17.0 Å². The van der Waals surface area contributed by atoms with Gasteiger partial charge in [-0.05, 0) is 45.0 Å². The second-order valence-electron chi connectivity index (χ2n) is 7.15. The number of aromatic nitrogens is 2. The van der Waals surface area contributed by atoms with Crippen LogP contribution in [-0.2, 0) is 4.79 Å². The summed E-state index contributed by atoms with van der Waals surface area (Å²) in [6, 6.07) is 12.8. The Morgan fingerprint density at radius 2 is 1.97 bits per heavy atom. The van der Waals surface area contributed by atoms with Gasteiger partial charge < -0.3 is 10.1 Å². The second kappa shape index (κ2) is 8.31. The van der Waals surface area contributed by atoms with Crippen LogP contribution in [0.3, 0.4) is 0 Å². The number of ether oxygens (including phenoxy) is 1. The molecule has 0 saturated carbocycles. The molecule has 0 aliphatic heterocycles. The van der Waals surface area contributed by atoms with Crippen LogP contribution in [0.5, 0.6) is 5.75 Å². The summed E-state index contributed by atoms with van der Waals surface area (Å²) in [7, 11) is 0. The van der Waals surface area contributed by atoms with Gasteiger partial charge >= 0.3 is 0 Å². The Bertz CT molecular complexity index is 1350. The van der Waals surface area contributed by atoms with E-state index in [9.17, 15) is 14.0 Å². The lowest BCUT2D eigenvalue weighted by Gasteiger charge is -2.15. The van der Waals surface area contributed by atoms with Crippen molar-refractivity contribution in [3.63, 3.8) is 0 Å². The fourth-order valence-electron chi connectivity index (χ4n) is 3.13. The van der Waals surface area contributed by atoms with Gasteiger partial charge in [0.15, 0.2) is 11.1 Å². The van der Waals surface area contributed by atoms with Crippen LogP contribution in [0.2, 0.25) is 0 Å². The van der Waals surface area contributed by atoms with E-state index in [1.165, 1.54) is 29.5 Å². The van der Waals surface area contributed by atoms with Crippen LogP contribution in [0.4, 0.5) is 10.1 Å². The molecule has 158 valence electrons. The number of nitrogens with zero attached hydrogens (tertiary/aromatic N) is 2. The lowest BCUT2D eigenvalue weighted by atomic mass is 10.1. The molecule has 0 bridgehead atoms. The number of carbonyl (C=O) groups excluding carboxylic acids is 1. The van der Waals surface area contributed by atoms with Crippen molar-refractivity contribution in [1.29, 1.82) is 0 Å². The van der Waals surface area contributed by atoms with Gasteiger partial charge in [-0.1, -0.05) is 18.2 Å². The van der Waals surface area contributed by atoms with Crippen LogP contribution in [-0.4, -0.2) is 21.4 Å². The zero-order chi connectivity index (χ0) is 22.1. The molecule has 6 nitrogen and oxygen atoms in total. The molecule has 2 aromatic heterocycles. The van der Waals surface area contributed by atoms with Crippen LogP contribution in [0, 0.1) is 19.7 Å². The number of hydrogen-bond acceptors (Lipinski definition) is 5. The smallest absolute Gasteiger partial charge is 0.265 e. The van der Waals surface area contributed by atoms with Crippen molar-refractivity contribution in [3.05, 3.63) is 81.3 Å². The average molecular weight is 437 g/mol. The molecule has 0 aliphatic rings. The molecule has 1 atom stereocenters. The molecule has 2 heterocycles. The first-order valence-corrected chi connectivity index (χ1v) is 10.5. The van der Waals surface area contributed by atoms with Gasteiger partial charge in [-0.15, -0.1) is 11.3 Å². The molecule has 0 aliphatic carbocycles. The quantitative estimate of drug-likeness (QED) is 0.496. The third kappa shape index (κ3) is 4.20. The Labute approximate surface area is 182 Å². The molecule has 0 radical (unpaired) electrons. The van der Waals surface area contributed by atoms with Crippen molar-refractivity contribution in [2.45, 2.75) is 26.9 Å². The van der Waals surface area contributed by atoms with Gasteiger partial charge in [0.1, 0.15) is 11.6 Å². The summed E-state index contributed by atoms with van der Waals surface area (Å²) in [4.78, 5) is 30.4. The first-order chi connectivity index (χ1) is 14.8. The minimum absolute atomic E-state index is 0.106. The van der Waals surface area contributed by atoms with Crippen molar-refractivity contribution in [1.82, 2.24) is 9.38 Å². The maximum atomic E-state index is 13.3. The van der Waals surface area contributed by atoms with Crippen molar-refractivity contribution in [2.24, 2.45) is 0 Å². The zero-order valence-electron chi connectivity index (χ0n) is 17.2. The molecule has 1 N–H and O–H groups in total. The Kier molecular flexibility index (Phi) is 5.56. The summed E-state index contributed by atoms with van der Waals surface area (Å²) in [6.07, 6.45) is -0.829. The highest BCUT2D eigenvalue weighted by atomic mass is 32.1. The fourth-order valence-corrected chi connectivity index (χ4v) is 4.07. The lowest BCUT2D eigenvalue weighted by molar-refractivity contribution is -0.122. The standard InChI is InChI=1S/C23H20FN3O3S/c1-13-14(2)25-23-27(22(13)29)20(12-31-23)16-6-4-8-18(10-16)26-21(28)15(3)30-19-9-5-7-17(24)11-19/h4-12,15H,1-3H3,(H,26,28)/t15-/m0/s1. The summed E-state index contributed by atoms with van der Waals surface area (Å²) in [5.41, 5.74) is 3.25. The number of benzene rings is 2. The summed E-state index contributed by atoms with van der Waals surface area (Å²) in [6.45, 7) is 5.17. The number of fused-ring (bicyclic) bond motifs is 1. The van der Waals surface area contributed by atoms with E-state index in [0.29, 0.717) is 27.6 Å². The summed E-state index contributed by atoms with van der Waals surface area (Å²) in [5, 5.41) is 4.68. The highest BCUT2D eigenvalue weighted by molar-refractivity contribution is 7.15. The van der Waals surface area contributed by atoms with E-state index in [0.717, 1.165) is 5.56 Å². The molecule has 8 heteroatoms. The van der Waals surface area contributed by atoms with E-state index in [2.05, 4.69) is 10.3 Å². The molecular weight excluding hydrogens is 417 g/mol. The molecule has 0 spiro atoms. The Morgan fingerprint density at radius 3 is 2.74 bits per heavy atom. The third-order valence-corrected chi connectivity index (χ3v) is 5.77. The molecule has 0 saturated heterocycles. The van der Waals surface area contributed by atoms with Crippen molar-refractivity contribution in [2.75, 3.05) is 5.32 Å². The van der Waals surface area contributed by atoms with E-state index in [1.807, 2.05) is 18.4 Å². The van der Waals surface area contributed by atoms with Crippen molar-refractivity contribution < 1.29 is 13.9 Å². The van der Waals surface area contributed by atoms with Gasteiger partial charge in [0, 0.05) is 34.0 Å². The topological polar surface area (TPSA) is 72.7 Å². The number of rotatable bonds is 5. The SMILES string of the molecule is Cc1nc2scc(-c3cccc(NC(=O)[C@H](C)Oc4cccc(F)c4)c3)n2c(=O)c1C. The number of aryl methyl sites for hydroxylation is 1. The third-order valence-electron chi connectivity index (χ3n) is 4.94. The summed E-state index contributed by atoms with van der Waals surface area (Å²) in [5.74, 6) is -0.531. The Morgan fingerprint density at radius 1 is 1.19 bits per heavy atom. The molecule has 0 unspecified atom stereocenters. The maximum Gasteiger partial charge on any atom is 0.265 e. The number of anilines is 1. The van der Waals surface area contributed by atoms with Gasteiger partial charge in [-0.3, -0.25) is 14.0 Å².